The molecule has 1 heterocycles. The van der Waals surface area contributed by atoms with E-state index in [1.54, 1.807) is 12.5 Å². The lowest BCUT2D eigenvalue weighted by molar-refractivity contribution is -0.121. The van der Waals surface area contributed by atoms with Gasteiger partial charge in [0.15, 0.2) is 0 Å². The number of nitrogens with two attached hydrogens (primary N) is 1. The first kappa shape index (κ1) is 13.7. The summed E-state index contributed by atoms with van der Waals surface area (Å²) in [5, 5.41) is 2.94. The summed E-state index contributed by atoms with van der Waals surface area (Å²) in [5.74, 6) is 0.0728. The first-order valence-electron chi connectivity index (χ1n) is 6.09. The Bertz CT molecular complexity index is 359. The maximum Gasteiger partial charge on any atom is 0.221 e. The molecule has 2 atom stereocenters. The third-order valence-electron chi connectivity index (χ3n) is 2.81. The molecule has 1 aromatic rings. The van der Waals surface area contributed by atoms with Gasteiger partial charge in [0.25, 0.3) is 0 Å². The molecule has 0 aliphatic heterocycles. The van der Waals surface area contributed by atoms with Crippen molar-refractivity contribution in [1.82, 2.24) is 14.9 Å². The predicted molar refractivity (Wildman–Crippen MR) is 67.3 cm³/mol. The Kier molecular flexibility index (Phi) is 5.15. The van der Waals surface area contributed by atoms with Crippen molar-refractivity contribution in [2.24, 2.45) is 5.73 Å². The van der Waals surface area contributed by atoms with Crippen LogP contribution in [-0.4, -0.2) is 21.5 Å². The van der Waals surface area contributed by atoms with Gasteiger partial charge in [-0.05, 0) is 20.3 Å². The molecule has 0 bridgehead atoms. The second kappa shape index (κ2) is 6.39. The van der Waals surface area contributed by atoms with Gasteiger partial charge in [-0.2, -0.15) is 0 Å². The van der Waals surface area contributed by atoms with Crippen molar-refractivity contribution in [1.29, 1.82) is 0 Å². The van der Waals surface area contributed by atoms with Crippen LogP contribution in [0.1, 0.15) is 45.3 Å². The van der Waals surface area contributed by atoms with E-state index in [1.807, 2.05) is 18.4 Å². The minimum atomic E-state index is -0.0601. The molecule has 0 aromatic carbocycles. The van der Waals surface area contributed by atoms with Crippen LogP contribution in [0, 0.1) is 0 Å². The van der Waals surface area contributed by atoms with Gasteiger partial charge in [-0.15, -0.1) is 0 Å². The minimum absolute atomic E-state index is 0.0601. The zero-order valence-electron chi connectivity index (χ0n) is 10.8. The Hall–Kier alpha value is -1.36. The molecule has 5 heteroatoms. The highest BCUT2D eigenvalue weighted by Crippen LogP contribution is 2.09. The molecule has 1 amide bonds. The Morgan fingerprint density at radius 1 is 1.59 bits per heavy atom. The first-order chi connectivity index (χ1) is 8.04. The third kappa shape index (κ3) is 4.19. The van der Waals surface area contributed by atoms with Crippen molar-refractivity contribution in [2.45, 2.75) is 52.2 Å². The molecule has 1 rings (SSSR count). The highest BCUT2D eigenvalue weighted by Gasteiger charge is 2.09. The molecular formula is C12H22N4O. The van der Waals surface area contributed by atoms with E-state index in [4.69, 9.17) is 5.73 Å². The molecular weight excluding hydrogens is 216 g/mol. The van der Waals surface area contributed by atoms with Gasteiger partial charge in [0.2, 0.25) is 5.91 Å². The van der Waals surface area contributed by atoms with Crippen LogP contribution < -0.4 is 11.1 Å². The van der Waals surface area contributed by atoms with Gasteiger partial charge in [-0.1, -0.05) is 6.92 Å². The van der Waals surface area contributed by atoms with Gasteiger partial charge >= 0.3 is 0 Å². The number of amides is 1. The average Bonchev–Trinajstić information content (AvgIpc) is 2.74. The smallest absolute Gasteiger partial charge is 0.221 e. The van der Waals surface area contributed by atoms with Gasteiger partial charge in [-0.25, -0.2) is 4.98 Å². The molecule has 0 radical (unpaired) electrons. The summed E-state index contributed by atoms with van der Waals surface area (Å²) in [4.78, 5) is 15.7. The first-order valence-corrected chi connectivity index (χ1v) is 6.09. The number of carbonyl (C=O) groups excluding carboxylic acids is 1. The molecule has 0 fully saturated rings. The van der Waals surface area contributed by atoms with E-state index in [0.29, 0.717) is 13.0 Å². The van der Waals surface area contributed by atoms with Crippen LogP contribution in [0.15, 0.2) is 12.5 Å². The maximum absolute atomic E-state index is 11.6. The van der Waals surface area contributed by atoms with Crippen LogP contribution >= 0.6 is 0 Å². The van der Waals surface area contributed by atoms with Crippen LogP contribution in [0.5, 0.6) is 0 Å². The number of nitrogens with one attached hydrogen (secondary N) is 1. The van der Waals surface area contributed by atoms with Crippen molar-refractivity contribution in [3.05, 3.63) is 18.2 Å². The molecule has 1 aromatic heterocycles. The Balaban J connectivity index is 2.45. The van der Waals surface area contributed by atoms with Crippen molar-refractivity contribution in [2.75, 3.05) is 0 Å². The number of hydrogen-bond acceptors (Lipinski definition) is 3. The van der Waals surface area contributed by atoms with Crippen LogP contribution in [0.3, 0.4) is 0 Å². The molecule has 96 valence electrons. The second-order valence-corrected chi connectivity index (χ2v) is 4.43. The van der Waals surface area contributed by atoms with E-state index in [1.165, 1.54) is 0 Å². The average molecular weight is 238 g/mol. The number of carbonyl (C=O) groups is 1. The highest BCUT2D eigenvalue weighted by atomic mass is 16.1. The van der Waals surface area contributed by atoms with E-state index in [0.717, 1.165) is 12.1 Å². The lowest BCUT2D eigenvalue weighted by Gasteiger charge is -2.13. The van der Waals surface area contributed by atoms with Crippen molar-refractivity contribution in [3.8, 4) is 0 Å². The summed E-state index contributed by atoms with van der Waals surface area (Å²) in [6.45, 7) is 6.59. The van der Waals surface area contributed by atoms with E-state index in [9.17, 15) is 4.79 Å². The SMILES string of the molecule is CCC(C)NC(=O)CCn1cncc1[C@H](C)N. The fourth-order valence-corrected chi connectivity index (χ4v) is 1.57. The number of aryl methyl sites for hydroxylation is 1. The van der Waals surface area contributed by atoms with Gasteiger partial charge in [0.1, 0.15) is 0 Å². The van der Waals surface area contributed by atoms with Crippen molar-refractivity contribution >= 4 is 5.91 Å². The minimum Gasteiger partial charge on any atom is -0.354 e. The topological polar surface area (TPSA) is 72.9 Å². The summed E-state index contributed by atoms with van der Waals surface area (Å²) in [5.41, 5.74) is 6.77. The summed E-state index contributed by atoms with van der Waals surface area (Å²) < 4.78 is 1.93. The van der Waals surface area contributed by atoms with Crippen molar-refractivity contribution in [3.63, 3.8) is 0 Å². The summed E-state index contributed by atoms with van der Waals surface area (Å²) in [6, 6.07) is 0.174. The number of aromatic nitrogens is 2. The monoisotopic (exact) mass is 238 g/mol. The Labute approximate surface area is 102 Å². The second-order valence-electron chi connectivity index (χ2n) is 4.43. The molecule has 1 unspecified atom stereocenters. The quantitative estimate of drug-likeness (QED) is 0.782. The van der Waals surface area contributed by atoms with E-state index < -0.39 is 0 Å². The van der Waals surface area contributed by atoms with Crippen molar-refractivity contribution < 1.29 is 4.79 Å². The lowest BCUT2D eigenvalue weighted by Crippen LogP contribution is -2.32. The van der Waals surface area contributed by atoms with Crippen LogP contribution in [-0.2, 0) is 11.3 Å². The fraction of sp³-hybridized carbons (Fsp3) is 0.667. The molecule has 5 nitrogen and oxygen atoms in total. The van der Waals surface area contributed by atoms with Crippen LogP contribution in [0.4, 0.5) is 0 Å². The molecule has 17 heavy (non-hydrogen) atoms. The van der Waals surface area contributed by atoms with E-state index >= 15 is 0 Å². The zero-order valence-corrected chi connectivity index (χ0v) is 10.8. The zero-order chi connectivity index (χ0) is 12.8. The summed E-state index contributed by atoms with van der Waals surface area (Å²) in [7, 11) is 0. The lowest BCUT2D eigenvalue weighted by atomic mass is 10.2. The van der Waals surface area contributed by atoms with Gasteiger partial charge in [0.05, 0.1) is 12.0 Å². The molecule has 0 aliphatic carbocycles. The van der Waals surface area contributed by atoms with Gasteiger partial charge in [0, 0.05) is 31.2 Å². The fourth-order valence-electron chi connectivity index (χ4n) is 1.57. The third-order valence-corrected chi connectivity index (χ3v) is 2.81. The largest absolute Gasteiger partial charge is 0.354 e. The van der Waals surface area contributed by atoms with Crippen LogP contribution in [0.2, 0.25) is 0 Å². The number of rotatable bonds is 6. The summed E-state index contributed by atoms with van der Waals surface area (Å²) >= 11 is 0. The normalized spacial score (nSPS) is 14.4. The highest BCUT2D eigenvalue weighted by molar-refractivity contribution is 5.76. The predicted octanol–water partition coefficient (Wildman–Crippen LogP) is 1.21. The number of nitrogens with zero attached hydrogens (tertiary/aromatic N) is 2. The van der Waals surface area contributed by atoms with Crippen LogP contribution in [0.25, 0.3) is 0 Å². The van der Waals surface area contributed by atoms with E-state index in [2.05, 4.69) is 17.2 Å². The number of hydrogen-bond donors (Lipinski definition) is 2. The molecule has 0 saturated carbocycles. The molecule has 0 saturated heterocycles. The van der Waals surface area contributed by atoms with Gasteiger partial charge < -0.3 is 15.6 Å². The molecule has 0 spiro atoms. The molecule has 3 N–H and O–H groups in total. The van der Waals surface area contributed by atoms with Gasteiger partial charge in [-0.3, -0.25) is 4.79 Å². The number of imidazole rings is 1. The molecule has 0 aliphatic rings. The standard InChI is InChI=1S/C12H22N4O/c1-4-9(2)15-12(17)5-6-16-8-14-7-11(16)10(3)13/h7-10H,4-6,13H2,1-3H3,(H,15,17)/t9?,10-/m0/s1. The Morgan fingerprint density at radius 2 is 2.29 bits per heavy atom. The Morgan fingerprint density at radius 3 is 2.88 bits per heavy atom. The maximum atomic E-state index is 11.6. The van der Waals surface area contributed by atoms with E-state index in [-0.39, 0.29) is 18.0 Å². The summed E-state index contributed by atoms with van der Waals surface area (Å²) in [6.07, 6.45) is 4.87.